The van der Waals surface area contributed by atoms with Crippen molar-refractivity contribution in [2.45, 2.75) is 19.1 Å². The van der Waals surface area contributed by atoms with Crippen LogP contribution in [-0.2, 0) is 9.47 Å². The van der Waals surface area contributed by atoms with Gasteiger partial charge in [-0.2, -0.15) is 0 Å². The van der Waals surface area contributed by atoms with Gasteiger partial charge in [0.25, 0.3) is 0 Å². The second-order valence-corrected chi connectivity index (χ2v) is 4.78. The van der Waals surface area contributed by atoms with E-state index in [9.17, 15) is 4.79 Å². The Balaban J connectivity index is 1.66. The minimum Gasteiger partial charge on any atom is -0.352 e. The van der Waals surface area contributed by atoms with Gasteiger partial charge in [-0.3, -0.25) is 4.79 Å². The fourth-order valence-corrected chi connectivity index (χ4v) is 2.74. The first-order chi connectivity index (χ1) is 8.34. The number of ether oxygens (including phenoxy) is 2. The molecule has 1 aromatic rings. The van der Waals surface area contributed by atoms with Crippen molar-refractivity contribution in [3.8, 4) is 0 Å². The largest absolute Gasteiger partial charge is 0.352 e. The molecule has 0 saturated carbocycles. The van der Waals surface area contributed by atoms with Crippen molar-refractivity contribution in [1.82, 2.24) is 0 Å². The molecule has 3 nitrogen and oxygen atoms in total. The molecule has 3 heteroatoms. The minimum absolute atomic E-state index is 0.0522. The van der Waals surface area contributed by atoms with E-state index >= 15 is 0 Å². The van der Waals surface area contributed by atoms with Gasteiger partial charge in [0.1, 0.15) is 0 Å². The van der Waals surface area contributed by atoms with Crippen LogP contribution in [0.4, 0.5) is 0 Å². The maximum Gasteiger partial charge on any atom is 0.163 e. The van der Waals surface area contributed by atoms with Gasteiger partial charge in [-0.15, -0.1) is 0 Å². The Hall–Kier alpha value is -1.19. The molecule has 0 bridgehead atoms. The van der Waals surface area contributed by atoms with Gasteiger partial charge in [0.2, 0.25) is 0 Å². The molecule has 2 heterocycles. The van der Waals surface area contributed by atoms with Crippen LogP contribution in [-0.4, -0.2) is 25.3 Å². The van der Waals surface area contributed by atoms with Gasteiger partial charge in [-0.1, -0.05) is 30.3 Å². The number of benzene rings is 1. The van der Waals surface area contributed by atoms with Crippen LogP contribution >= 0.6 is 0 Å². The third kappa shape index (κ3) is 2.13. The molecule has 90 valence electrons. The zero-order valence-corrected chi connectivity index (χ0v) is 9.67. The van der Waals surface area contributed by atoms with Gasteiger partial charge >= 0.3 is 0 Å². The summed E-state index contributed by atoms with van der Waals surface area (Å²) < 4.78 is 11.0. The molecule has 2 aliphatic heterocycles. The van der Waals surface area contributed by atoms with Gasteiger partial charge < -0.3 is 9.47 Å². The standard InChI is InChI=1S/C14H16O3/c15-13(10-4-2-1-3-5-10)8-11-9-17-14-12(11)6-7-16-14/h1-5,11-12,14H,6-9H2. The molecule has 0 radical (unpaired) electrons. The van der Waals surface area contributed by atoms with Crippen LogP contribution < -0.4 is 0 Å². The predicted octanol–water partition coefficient (Wildman–Crippen LogP) is 2.27. The smallest absolute Gasteiger partial charge is 0.163 e. The molecule has 3 unspecified atom stereocenters. The number of hydrogen-bond donors (Lipinski definition) is 0. The Labute approximate surface area is 101 Å². The summed E-state index contributed by atoms with van der Waals surface area (Å²) in [6.07, 6.45) is 1.55. The molecule has 3 atom stereocenters. The summed E-state index contributed by atoms with van der Waals surface area (Å²) in [5, 5.41) is 0. The number of fused-ring (bicyclic) bond motifs is 1. The molecule has 2 saturated heterocycles. The summed E-state index contributed by atoms with van der Waals surface area (Å²) in [6.45, 7) is 1.43. The second kappa shape index (κ2) is 4.59. The lowest BCUT2D eigenvalue weighted by atomic mass is 9.88. The first-order valence-corrected chi connectivity index (χ1v) is 6.16. The fourth-order valence-electron chi connectivity index (χ4n) is 2.74. The number of carbonyl (C=O) groups excluding carboxylic acids is 1. The van der Waals surface area contributed by atoms with Gasteiger partial charge in [0, 0.05) is 17.9 Å². The van der Waals surface area contributed by atoms with E-state index in [1.807, 2.05) is 30.3 Å². The first-order valence-electron chi connectivity index (χ1n) is 6.16. The molecule has 0 aromatic heterocycles. The van der Waals surface area contributed by atoms with Crippen molar-refractivity contribution in [3.63, 3.8) is 0 Å². The Morgan fingerprint density at radius 2 is 2.06 bits per heavy atom. The monoisotopic (exact) mass is 232 g/mol. The van der Waals surface area contributed by atoms with Gasteiger partial charge in [-0.25, -0.2) is 0 Å². The number of carbonyl (C=O) groups is 1. The van der Waals surface area contributed by atoms with Crippen LogP contribution in [0.1, 0.15) is 23.2 Å². The summed E-state index contributed by atoms with van der Waals surface area (Å²) in [5.41, 5.74) is 0.801. The summed E-state index contributed by atoms with van der Waals surface area (Å²) >= 11 is 0. The molecule has 0 amide bonds. The number of Topliss-reactive ketones (excluding diaryl/α,β-unsaturated/α-hetero) is 1. The van der Waals surface area contributed by atoms with E-state index in [4.69, 9.17) is 9.47 Å². The topological polar surface area (TPSA) is 35.5 Å². The molecular weight excluding hydrogens is 216 g/mol. The van der Waals surface area contributed by atoms with E-state index in [0.717, 1.165) is 18.6 Å². The highest BCUT2D eigenvalue weighted by Crippen LogP contribution is 2.37. The van der Waals surface area contributed by atoms with Crippen molar-refractivity contribution in [2.24, 2.45) is 11.8 Å². The molecule has 1 aromatic carbocycles. The van der Waals surface area contributed by atoms with Crippen LogP contribution in [0.2, 0.25) is 0 Å². The Bertz CT molecular complexity index is 401. The Morgan fingerprint density at radius 1 is 1.24 bits per heavy atom. The van der Waals surface area contributed by atoms with E-state index in [0.29, 0.717) is 24.9 Å². The van der Waals surface area contributed by atoms with Crippen molar-refractivity contribution >= 4 is 5.78 Å². The lowest BCUT2D eigenvalue weighted by Gasteiger charge is -2.13. The lowest BCUT2D eigenvalue weighted by Crippen LogP contribution is -2.18. The number of rotatable bonds is 3. The van der Waals surface area contributed by atoms with Crippen molar-refractivity contribution in [3.05, 3.63) is 35.9 Å². The average molecular weight is 232 g/mol. The quantitative estimate of drug-likeness (QED) is 0.750. The summed E-state index contributed by atoms with van der Waals surface area (Å²) in [6, 6.07) is 9.48. The molecule has 0 aliphatic carbocycles. The van der Waals surface area contributed by atoms with Crippen LogP contribution in [0.25, 0.3) is 0 Å². The summed E-state index contributed by atoms with van der Waals surface area (Å²) in [4.78, 5) is 12.1. The molecule has 2 fully saturated rings. The molecule has 3 rings (SSSR count). The number of ketones is 1. The highest BCUT2D eigenvalue weighted by Gasteiger charge is 2.42. The van der Waals surface area contributed by atoms with E-state index in [1.54, 1.807) is 0 Å². The van der Waals surface area contributed by atoms with E-state index in [2.05, 4.69) is 0 Å². The highest BCUT2D eigenvalue weighted by atomic mass is 16.7. The summed E-state index contributed by atoms with van der Waals surface area (Å²) in [7, 11) is 0. The zero-order chi connectivity index (χ0) is 11.7. The van der Waals surface area contributed by atoms with Crippen LogP contribution in [0, 0.1) is 11.8 Å². The van der Waals surface area contributed by atoms with Crippen LogP contribution in [0.3, 0.4) is 0 Å². The number of hydrogen-bond acceptors (Lipinski definition) is 3. The summed E-state index contributed by atoms with van der Waals surface area (Å²) in [5.74, 6) is 0.963. The Kier molecular flexibility index (Phi) is 2.95. The maximum absolute atomic E-state index is 12.1. The van der Waals surface area contributed by atoms with Gasteiger partial charge in [0.15, 0.2) is 12.1 Å². The second-order valence-electron chi connectivity index (χ2n) is 4.78. The molecule has 17 heavy (non-hydrogen) atoms. The van der Waals surface area contributed by atoms with Crippen molar-refractivity contribution in [1.29, 1.82) is 0 Å². The van der Waals surface area contributed by atoms with E-state index in [-0.39, 0.29) is 12.1 Å². The molecular formula is C14H16O3. The fraction of sp³-hybridized carbons (Fsp3) is 0.500. The minimum atomic E-state index is -0.0522. The zero-order valence-electron chi connectivity index (χ0n) is 9.67. The maximum atomic E-state index is 12.1. The van der Waals surface area contributed by atoms with Crippen LogP contribution in [0.5, 0.6) is 0 Å². The SMILES string of the molecule is O=C(CC1COC2OCCC12)c1ccccc1. The van der Waals surface area contributed by atoms with E-state index in [1.165, 1.54) is 0 Å². The lowest BCUT2D eigenvalue weighted by molar-refractivity contribution is -0.0905. The molecule has 0 spiro atoms. The van der Waals surface area contributed by atoms with Gasteiger partial charge in [0.05, 0.1) is 13.2 Å². The normalized spacial score (nSPS) is 31.4. The average Bonchev–Trinajstić information content (AvgIpc) is 2.95. The first kappa shape index (κ1) is 10.9. The molecule has 2 aliphatic rings. The van der Waals surface area contributed by atoms with Crippen molar-refractivity contribution < 1.29 is 14.3 Å². The molecule has 0 N–H and O–H groups in total. The van der Waals surface area contributed by atoms with Crippen molar-refractivity contribution in [2.75, 3.05) is 13.2 Å². The van der Waals surface area contributed by atoms with E-state index < -0.39 is 0 Å². The third-order valence-electron chi connectivity index (χ3n) is 3.71. The van der Waals surface area contributed by atoms with Gasteiger partial charge in [-0.05, 0) is 12.3 Å². The Morgan fingerprint density at radius 3 is 2.88 bits per heavy atom. The van der Waals surface area contributed by atoms with Crippen LogP contribution in [0.15, 0.2) is 30.3 Å². The predicted molar refractivity (Wildman–Crippen MR) is 62.7 cm³/mol. The third-order valence-corrected chi connectivity index (χ3v) is 3.71. The highest BCUT2D eigenvalue weighted by molar-refractivity contribution is 5.96.